The summed E-state index contributed by atoms with van der Waals surface area (Å²) in [7, 11) is 7.34. The van der Waals surface area contributed by atoms with Crippen LogP contribution in [0.4, 0.5) is 0 Å². The van der Waals surface area contributed by atoms with E-state index >= 15 is 0 Å². The molecule has 0 saturated heterocycles. The Morgan fingerprint density at radius 1 is 1.24 bits per heavy atom. The van der Waals surface area contributed by atoms with E-state index in [1.54, 1.807) is 19.0 Å². The Morgan fingerprint density at radius 3 is 2.29 bits per heavy atom. The van der Waals surface area contributed by atoms with Crippen LogP contribution in [0.25, 0.3) is 0 Å². The third-order valence-electron chi connectivity index (χ3n) is 1.83. The normalized spacial score (nSPS) is 12.6. The van der Waals surface area contributed by atoms with E-state index in [2.05, 4.69) is 5.32 Å². The third kappa shape index (κ3) is 8.61. The molecule has 0 fully saturated rings. The van der Waals surface area contributed by atoms with E-state index in [0.717, 1.165) is 0 Å². The van der Waals surface area contributed by atoms with Gasteiger partial charge < -0.3 is 19.9 Å². The lowest BCUT2D eigenvalue weighted by atomic mass is 10.5. The van der Waals surface area contributed by atoms with Crippen LogP contribution in [0.15, 0.2) is 0 Å². The van der Waals surface area contributed by atoms with Crippen LogP contribution in [0, 0.1) is 0 Å². The molecule has 17 heavy (non-hydrogen) atoms. The molecule has 0 heterocycles. The molecule has 0 radical (unpaired) electrons. The maximum Gasteiger partial charge on any atom is 0.398 e. The molecule has 0 bridgehead atoms. The number of carbonyl (C=O) groups is 2. The third-order valence-corrected chi connectivity index (χ3v) is 1.83. The summed E-state index contributed by atoms with van der Waals surface area (Å²) in [5.41, 5.74) is 5.52. The minimum atomic E-state index is -0.946. The zero-order valence-corrected chi connectivity index (χ0v) is 10.9. The monoisotopic (exact) mass is 246 g/mol. The first-order valence-electron chi connectivity index (χ1n) is 5.36. The topological polar surface area (TPSA) is 87.9 Å². The predicted molar refractivity (Wildman–Crippen MR) is 64.2 cm³/mol. The molecule has 7 nitrogen and oxygen atoms in total. The molecule has 0 aliphatic carbocycles. The molecule has 0 aliphatic rings. The van der Waals surface area contributed by atoms with Gasteiger partial charge in [-0.05, 0) is 28.2 Å². The number of hydrogen-bond acceptors (Lipinski definition) is 6. The maximum absolute atomic E-state index is 11.3. The molecule has 100 valence electrons. The van der Waals surface area contributed by atoms with Crippen molar-refractivity contribution < 1.29 is 14.3 Å². The number of likely N-dealkylation sites (N-methyl/N-ethyl adjacent to an activating group) is 2. The van der Waals surface area contributed by atoms with Gasteiger partial charge in [-0.2, -0.15) is 0 Å². The van der Waals surface area contributed by atoms with E-state index in [9.17, 15) is 9.59 Å². The molecule has 1 amide bonds. The highest BCUT2D eigenvalue weighted by Crippen LogP contribution is 1.88. The second-order valence-corrected chi connectivity index (χ2v) is 4.27. The van der Waals surface area contributed by atoms with Crippen LogP contribution in [0.5, 0.6) is 0 Å². The van der Waals surface area contributed by atoms with Gasteiger partial charge in [0.1, 0.15) is 0 Å². The quantitative estimate of drug-likeness (QED) is 0.322. The summed E-state index contributed by atoms with van der Waals surface area (Å²) in [4.78, 5) is 26.2. The standard InChI is InChI=1S/C10H22N4O3/c1-13(2)6-5-12-9(15)10(16)17-8(11)7-14(3)4/h8H,5-7,11H2,1-4H3,(H,12,15). The average Bonchev–Trinajstić information content (AvgIpc) is 2.15. The van der Waals surface area contributed by atoms with Crippen LogP contribution in [0.3, 0.4) is 0 Å². The fourth-order valence-electron chi connectivity index (χ4n) is 1.05. The predicted octanol–water partition coefficient (Wildman–Crippen LogP) is -1.95. The van der Waals surface area contributed by atoms with E-state index in [1.807, 2.05) is 19.0 Å². The zero-order chi connectivity index (χ0) is 13.4. The number of nitrogens with one attached hydrogen (secondary N) is 1. The summed E-state index contributed by atoms with van der Waals surface area (Å²) in [6.45, 7) is 1.42. The Bertz CT molecular complexity index is 256. The van der Waals surface area contributed by atoms with E-state index in [0.29, 0.717) is 19.6 Å². The van der Waals surface area contributed by atoms with Crippen molar-refractivity contribution in [2.45, 2.75) is 6.23 Å². The molecule has 0 aliphatic heterocycles. The molecule has 3 N–H and O–H groups in total. The highest BCUT2D eigenvalue weighted by Gasteiger charge is 2.18. The summed E-state index contributed by atoms with van der Waals surface area (Å²) < 4.78 is 4.75. The van der Waals surface area contributed by atoms with E-state index < -0.39 is 18.1 Å². The molecule has 0 saturated carbocycles. The molecular formula is C10H22N4O3. The Morgan fingerprint density at radius 2 is 1.82 bits per heavy atom. The smallest absolute Gasteiger partial charge is 0.398 e. The van der Waals surface area contributed by atoms with Crippen LogP contribution in [-0.4, -0.2) is 75.7 Å². The highest BCUT2D eigenvalue weighted by molar-refractivity contribution is 6.32. The lowest BCUT2D eigenvalue weighted by Crippen LogP contribution is -2.43. The number of nitrogens with two attached hydrogens (primary N) is 1. The van der Waals surface area contributed by atoms with Gasteiger partial charge in [-0.25, -0.2) is 4.79 Å². The van der Waals surface area contributed by atoms with Crippen molar-refractivity contribution in [3.05, 3.63) is 0 Å². The summed E-state index contributed by atoms with van der Waals surface area (Å²) in [5.74, 6) is -1.71. The van der Waals surface area contributed by atoms with Gasteiger partial charge in [0.25, 0.3) is 0 Å². The zero-order valence-electron chi connectivity index (χ0n) is 10.9. The van der Waals surface area contributed by atoms with Crippen molar-refractivity contribution >= 4 is 11.9 Å². The Labute approximate surface area is 102 Å². The minimum Gasteiger partial charge on any atom is -0.438 e. The second kappa shape index (κ2) is 7.99. The summed E-state index contributed by atoms with van der Waals surface area (Å²) in [6.07, 6.45) is -0.794. The SMILES string of the molecule is CN(C)CCNC(=O)C(=O)OC(N)CN(C)C. The van der Waals surface area contributed by atoms with E-state index in [-0.39, 0.29) is 0 Å². The van der Waals surface area contributed by atoms with Gasteiger partial charge >= 0.3 is 11.9 Å². The number of ether oxygens (including phenoxy) is 1. The fraction of sp³-hybridized carbons (Fsp3) is 0.800. The summed E-state index contributed by atoms with van der Waals surface area (Å²) >= 11 is 0. The molecule has 0 aromatic rings. The summed E-state index contributed by atoms with van der Waals surface area (Å²) in [5, 5.41) is 2.45. The molecule has 7 heteroatoms. The van der Waals surface area contributed by atoms with E-state index in [1.165, 1.54) is 0 Å². The largest absolute Gasteiger partial charge is 0.438 e. The number of esters is 1. The summed E-state index contributed by atoms with van der Waals surface area (Å²) in [6, 6.07) is 0. The minimum absolute atomic E-state index is 0.372. The molecule has 0 rings (SSSR count). The Balaban J connectivity index is 3.85. The first-order chi connectivity index (χ1) is 7.82. The average molecular weight is 246 g/mol. The van der Waals surface area contributed by atoms with Crippen molar-refractivity contribution in [2.24, 2.45) is 5.73 Å². The lowest BCUT2D eigenvalue weighted by Gasteiger charge is -2.17. The molecule has 0 aromatic heterocycles. The van der Waals surface area contributed by atoms with Crippen molar-refractivity contribution in [3.8, 4) is 0 Å². The van der Waals surface area contributed by atoms with Gasteiger partial charge in [0.15, 0.2) is 6.23 Å². The van der Waals surface area contributed by atoms with Crippen molar-refractivity contribution in [1.82, 2.24) is 15.1 Å². The first-order valence-corrected chi connectivity index (χ1v) is 5.36. The Hall–Kier alpha value is -1.18. The highest BCUT2D eigenvalue weighted by atomic mass is 16.6. The molecule has 1 unspecified atom stereocenters. The van der Waals surface area contributed by atoms with E-state index in [4.69, 9.17) is 10.5 Å². The van der Waals surface area contributed by atoms with Crippen LogP contribution in [0.1, 0.15) is 0 Å². The molecular weight excluding hydrogens is 224 g/mol. The van der Waals surface area contributed by atoms with Crippen LogP contribution >= 0.6 is 0 Å². The Kier molecular flexibility index (Phi) is 7.44. The number of nitrogens with zero attached hydrogens (tertiary/aromatic N) is 2. The maximum atomic E-state index is 11.3. The van der Waals surface area contributed by atoms with Crippen LogP contribution < -0.4 is 11.1 Å². The van der Waals surface area contributed by atoms with Gasteiger partial charge in [0.05, 0.1) is 0 Å². The number of rotatable bonds is 6. The van der Waals surface area contributed by atoms with Gasteiger partial charge in [-0.1, -0.05) is 0 Å². The first kappa shape index (κ1) is 15.8. The fourth-order valence-corrected chi connectivity index (χ4v) is 1.05. The van der Waals surface area contributed by atoms with Gasteiger partial charge in [-0.3, -0.25) is 10.5 Å². The molecule has 1 atom stereocenters. The van der Waals surface area contributed by atoms with Gasteiger partial charge in [0.2, 0.25) is 0 Å². The number of amides is 1. The van der Waals surface area contributed by atoms with Crippen LogP contribution in [-0.2, 0) is 14.3 Å². The van der Waals surface area contributed by atoms with Crippen molar-refractivity contribution in [1.29, 1.82) is 0 Å². The number of carbonyl (C=O) groups excluding carboxylic acids is 2. The lowest BCUT2D eigenvalue weighted by molar-refractivity contribution is -0.159. The molecule has 0 aromatic carbocycles. The van der Waals surface area contributed by atoms with Crippen LogP contribution in [0.2, 0.25) is 0 Å². The van der Waals surface area contributed by atoms with Crippen molar-refractivity contribution in [2.75, 3.05) is 47.8 Å². The van der Waals surface area contributed by atoms with Gasteiger partial charge in [-0.15, -0.1) is 0 Å². The molecule has 0 spiro atoms. The van der Waals surface area contributed by atoms with Crippen molar-refractivity contribution in [3.63, 3.8) is 0 Å². The van der Waals surface area contributed by atoms with Gasteiger partial charge in [0, 0.05) is 19.6 Å². The second-order valence-electron chi connectivity index (χ2n) is 4.27. The number of hydrogen-bond donors (Lipinski definition) is 2.